The van der Waals surface area contributed by atoms with Gasteiger partial charge < -0.3 is 15.0 Å². The Balaban J connectivity index is 1.65. The Kier molecular flexibility index (Phi) is 4.83. The number of benzene rings is 1. The minimum absolute atomic E-state index is 0.0141. The molecule has 2 heterocycles. The number of aromatic amines is 1. The van der Waals surface area contributed by atoms with E-state index < -0.39 is 5.97 Å². The van der Waals surface area contributed by atoms with Crippen LogP contribution >= 0.6 is 0 Å². The zero-order valence-corrected chi connectivity index (χ0v) is 13.4. The molecule has 5 nitrogen and oxygen atoms in total. The third-order valence-electron chi connectivity index (χ3n) is 4.71. The summed E-state index contributed by atoms with van der Waals surface area (Å²) in [5.74, 6) is -0.846. The second-order valence-electron chi connectivity index (χ2n) is 6.46. The Hall–Kier alpha value is -2.37. The molecule has 0 radical (unpaired) electrons. The van der Waals surface area contributed by atoms with E-state index in [2.05, 4.69) is 4.98 Å². The Labute approximate surface area is 139 Å². The Bertz CT molecular complexity index is 756. The first kappa shape index (κ1) is 16.5. The molecular formula is C18H21FN2O3. The van der Waals surface area contributed by atoms with Gasteiger partial charge in [-0.3, -0.25) is 9.59 Å². The van der Waals surface area contributed by atoms with Crippen LogP contribution in [0.1, 0.15) is 31.2 Å². The molecule has 0 bridgehead atoms. The molecule has 1 aliphatic rings. The first-order chi connectivity index (χ1) is 11.5. The molecule has 1 fully saturated rings. The number of halogens is 1. The zero-order chi connectivity index (χ0) is 17.1. The molecule has 2 aromatic rings. The van der Waals surface area contributed by atoms with Crippen molar-refractivity contribution in [3.63, 3.8) is 0 Å². The van der Waals surface area contributed by atoms with Crippen LogP contribution in [0, 0.1) is 11.7 Å². The van der Waals surface area contributed by atoms with Gasteiger partial charge in [0, 0.05) is 36.6 Å². The molecule has 1 aromatic carbocycles. The molecular weight excluding hydrogens is 311 g/mol. The standard InChI is InChI=1S/C18H21FN2O3/c19-14-4-5-16-15(9-14)13(10-20-16)8-17(22)21-7-1-2-12(11-21)3-6-18(23)24/h4-5,9-10,12,20H,1-3,6-8,11H2,(H,23,24). The number of carbonyl (C=O) groups excluding carboxylic acids is 1. The molecule has 6 heteroatoms. The minimum Gasteiger partial charge on any atom is -0.481 e. The highest BCUT2D eigenvalue weighted by molar-refractivity contribution is 5.89. The molecule has 1 amide bonds. The van der Waals surface area contributed by atoms with Gasteiger partial charge in [-0.15, -0.1) is 0 Å². The van der Waals surface area contributed by atoms with E-state index in [4.69, 9.17) is 5.11 Å². The zero-order valence-electron chi connectivity index (χ0n) is 13.4. The van der Waals surface area contributed by atoms with Crippen molar-refractivity contribution in [1.29, 1.82) is 0 Å². The third kappa shape index (κ3) is 3.75. The first-order valence-corrected chi connectivity index (χ1v) is 8.28. The van der Waals surface area contributed by atoms with Gasteiger partial charge in [-0.25, -0.2) is 4.39 Å². The highest BCUT2D eigenvalue weighted by Gasteiger charge is 2.24. The molecule has 0 aliphatic carbocycles. The summed E-state index contributed by atoms with van der Waals surface area (Å²) in [6, 6.07) is 4.50. The fraction of sp³-hybridized carbons (Fsp3) is 0.444. The van der Waals surface area contributed by atoms with Crippen LogP contribution in [-0.2, 0) is 16.0 Å². The minimum atomic E-state index is -0.792. The number of aromatic nitrogens is 1. The van der Waals surface area contributed by atoms with E-state index in [0.717, 1.165) is 29.3 Å². The molecule has 1 aliphatic heterocycles. The Morgan fingerprint density at radius 3 is 3.00 bits per heavy atom. The molecule has 128 valence electrons. The van der Waals surface area contributed by atoms with Crippen LogP contribution in [-0.4, -0.2) is 40.0 Å². The summed E-state index contributed by atoms with van der Waals surface area (Å²) in [5.41, 5.74) is 1.61. The van der Waals surface area contributed by atoms with E-state index in [1.807, 2.05) is 4.90 Å². The number of hydrogen-bond donors (Lipinski definition) is 2. The molecule has 0 saturated carbocycles. The SMILES string of the molecule is O=C(O)CCC1CCCN(C(=O)Cc2c[nH]c3ccc(F)cc23)C1. The largest absolute Gasteiger partial charge is 0.481 e. The monoisotopic (exact) mass is 332 g/mol. The average molecular weight is 332 g/mol. The van der Waals surface area contributed by atoms with E-state index in [-0.39, 0.29) is 30.5 Å². The quantitative estimate of drug-likeness (QED) is 0.884. The Morgan fingerprint density at radius 2 is 2.21 bits per heavy atom. The van der Waals surface area contributed by atoms with Gasteiger partial charge in [0.15, 0.2) is 0 Å². The van der Waals surface area contributed by atoms with Crippen LogP contribution in [0.25, 0.3) is 10.9 Å². The van der Waals surface area contributed by atoms with Gasteiger partial charge in [-0.2, -0.15) is 0 Å². The predicted octanol–water partition coefficient (Wildman–Crippen LogP) is 2.95. The molecule has 1 unspecified atom stereocenters. The van der Waals surface area contributed by atoms with Crippen LogP contribution in [0.5, 0.6) is 0 Å². The lowest BCUT2D eigenvalue weighted by Gasteiger charge is -2.32. The first-order valence-electron chi connectivity index (χ1n) is 8.28. The number of nitrogens with one attached hydrogen (secondary N) is 1. The summed E-state index contributed by atoms with van der Waals surface area (Å²) in [7, 11) is 0. The molecule has 2 N–H and O–H groups in total. The number of nitrogens with zero attached hydrogens (tertiary/aromatic N) is 1. The lowest BCUT2D eigenvalue weighted by Crippen LogP contribution is -2.40. The van der Waals surface area contributed by atoms with Crippen LogP contribution < -0.4 is 0 Å². The molecule has 24 heavy (non-hydrogen) atoms. The number of amides is 1. The molecule has 1 aromatic heterocycles. The summed E-state index contributed by atoms with van der Waals surface area (Å²) in [6.45, 7) is 1.32. The van der Waals surface area contributed by atoms with Crippen LogP contribution in [0.15, 0.2) is 24.4 Å². The number of aliphatic carboxylic acids is 1. The number of carboxylic acids is 1. The number of rotatable bonds is 5. The maximum Gasteiger partial charge on any atom is 0.303 e. The molecule has 0 spiro atoms. The fourth-order valence-corrected chi connectivity index (χ4v) is 3.43. The second kappa shape index (κ2) is 7.03. The number of piperidine rings is 1. The number of carbonyl (C=O) groups is 2. The smallest absolute Gasteiger partial charge is 0.303 e. The summed E-state index contributed by atoms with van der Waals surface area (Å²) >= 11 is 0. The second-order valence-corrected chi connectivity index (χ2v) is 6.46. The van der Waals surface area contributed by atoms with E-state index >= 15 is 0 Å². The van der Waals surface area contributed by atoms with Crippen molar-refractivity contribution in [1.82, 2.24) is 9.88 Å². The number of H-pyrrole nitrogens is 1. The van der Waals surface area contributed by atoms with Crippen LogP contribution in [0.4, 0.5) is 4.39 Å². The van der Waals surface area contributed by atoms with Gasteiger partial charge >= 0.3 is 5.97 Å². The number of likely N-dealkylation sites (tertiary alicyclic amines) is 1. The van der Waals surface area contributed by atoms with Crippen molar-refractivity contribution in [2.45, 2.75) is 32.1 Å². The highest BCUT2D eigenvalue weighted by atomic mass is 19.1. The summed E-state index contributed by atoms with van der Waals surface area (Å²) < 4.78 is 13.4. The predicted molar refractivity (Wildman–Crippen MR) is 88.1 cm³/mol. The maximum absolute atomic E-state index is 13.4. The van der Waals surface area contributed by atoms with Gasteiger partial charge in [0.1, 0.15) is 5.82 Å². The van der Waals surface area contributed by atoms with Crippen molar-refractivity contribution in [2.75, 3.05) is 13.1 Å². The van der Waals surface area contributed by atoms with Crippen molar-refractivity contribution < 1.29 is 19.1 Å². The van der Waals surface area contributed by atoms with Crippen LogP contribution in [0.3, 0.4) is 0 Å². The maximum atomic E-state index is 13.4. The van der Waals surface area contributed by atoms with Crippen molar-refractivity contribution in [3.8, 4) is 0 Å². The van der Waals surface area contributed by atoms with Crippen molar-refractivity contribution in [3.05, 3.63) is 35.8 Å². The molecule has 1 saturated heterocycles. The highest BCUT2D eigenvalue weighted by Crippen LogP contribution is 2.24. The van der Waals surface area contributed by atoms with E-state index in [1.165, 1.54) is 12.1 Å². The van der Waals surface area contributed by atoms with E-state index in [9.17, 15) is 14.0 Å². The fourth-order valence-electron chi connectivity index (χ4n) is 3.43. The topological polar surface area (TPSA) is 73.4 Å². The lowest BCUT2D eigenvalue weighted by molar-refractivity contribution is -0.137. The van der Waals surface area contributed by atoms with Gasteiger partial charge in [0.25, 0.3) is 0 Å². The lowest BCUT2D eigenvalue weighted by atomic mass is 9.93. The van der Waals surface area contributed by atoms with Gasteiger partial charge in [-0.05, 0) is 48.9 Å². The third-order valence-corrected chi connectivity index (χ3v) is 4.71. The summed E-state index contributed by atoms with van der Waals surface area (Å²) in [4.78, 5) is 28.2. The van der Waals surface area contributed by atoms with Gasteiger partial charge in [0.2, 0.25) is 5.91 Å². The number of fused-ring (bicyclic) bond motifs is 1. The number of hydrogen-bond acceptors (Lipinski definition) is 2. The van der Waals surface area contributed by atoms with E-state index in [1.54, 1.807) is 12.3 Å². The van der Waals surface area contributed by atoms with E-state index in [0.29, 0.717) is 19.5 Å². The normalized spacial score (nSPS) is 18.0. The molecule has 3 rings (SSSR count). The number of carboxylic acid groups (broad SMARTS) is 1. The van der Waals surface area contributed by atoms with Crippen molar-refractivity contribution in [2.24, 2.45) is 5.92 Å². The van der Waals surface area contributed by atoms with Gasteiger partial charge in [0.05, 0.1) is 6.42 Å². The van der Waals surface area contributed by atoms with Gasteiger partial charge in [-0.1, -0.05) is 0 Å². The molecule has 1 atom stereocenters. The van der Waals surface area contributed by atoms with Crippen molar-refractivity contribution >= 4 is 22.8 Å². The summed E-state index contributed by atoms with van der Waals surface area (Å²) in [5, 5.41) is 9.54. The van der Waals surface area contributed by atoms with Crippen LogP contribution in [0.2, 0.25) is 0 Å². The average Bonchev–Trinajstić information content (AvgIpc) is 2.95. The Morgan fingerprint density at radius 1 is 1.38 bits per heavy atom. The summed E-state index contributed by atoms with van der Waals surface area (Å²) in [6.07, 6.45) is 4.61.